The lowest BCUT2D eigenvalue weighted by Crippen LogP contribution is -2.49. The van der Waals surface area contributed by atoms with Crippen LogP contribution in [0.3, 0.4) is 0 Å². The van der Waals surface area contributed by atoms with E-state index < -0.39 is 29.6 Å². The molecule has 9 heteroatoms. The maximum absolute atomic E-state index is 11.9. The molecule has 3 amide bonds. The van der Waals surface area contributed by atoms with Crippen molar-refractivity contribution in [1.82, 2.24) is 16.0 Å². The predicted octanol–water partition coefficient (Wildman–Crippen LogP) is 0.881. The molecule has 1 fully saturated rings. The van der Waals surface area contributed by atoms with Gasteiger partial charge in [-0.25, -0.2) is 9.59 Å². The van der Waals surface area contributed by atoms with Crippen LogP contribution in [0.25, 0.3) is 11.1 Å². The van der Waals surface area contributed by atoms with Crippen molar-refractivity contribution in [2.45, 2.75) is 18.6 Å². The first-order valence-corrected chi connectivity index (χ1v) is 9.23. The monoisotopic (exact) mass is 415 g/mol. The number of carboxylic acids is 1. The second kappa shape index (κ2) is 9.97. The number of amides is 3. The molecular formula is C21H25N3O6. The number of nitrogens with one attached hydrogen (secondary N) is 3. The fourth-order valence-corrected chi connectivity index (χ4v) is 2.86. The van der Waals surface area contributed by atoms with Gasteiger partial charge in [0.2, 0.25) is 0 Å². The van der Waals surface area contributed by atoms with Gasteiger partial charge in [0.15, 0.2) is 0 Å². The molecule has 0 bridgehead atoms. The van der Waals surface area contributed by atoms with Crippen molar-refractivity contribution in [3.63, 3.8) is 0 Å². The molecule has 1 aliphatic rings. The molecule has 160 valence electrons. The zero-order chi connectivity index (χ0) is 22.3. The van der Waals surface area contributed by atoms with Crippen molar-refractivity contribution >= 4 is 17.9 Å². The highest BCUT2D eigenvalue weighted by atomic mass is 16.4. The number of benzene rings is 2. The lowest BCUT2D eigenvalue weighted by Gasteiger charge is -2.27. The summed E-state index contributed by atoms with van der Waals surface area (Å²) in [4.78, 5) is 34.1. The Morgan fingerprint density at radius 2 is 1.60 bits per heavy atom. The van der Waals surface area contributed by atoms with Crippen LogP contribution in [-0.2, 0) is 4.79 Å². The molecule has 1 heterocycles. The molecule has 0 aromatic heterocycles. The molecule has 30 heavy (non-hydrogen) atoms. The summed E-state index contributed by atoms with van der Waals surface area (Å²) < 4.78 is 0. The van der Waals surface area contributed by atoms with Crippen LogP contribution in [0.4, 0.5) is 4.79 Å². The van der Waals surface area contributed by atoms with Crippen LogP contribution in [0.2, 0.25) is 0 Å². The Morgan fingerprint density at radius 1 is 1.07 bits per heavy atom. The number of hydrogen-bond acceptors (Lipinski definition) is 6. The zero-order valence-electron chi connectivity index (χ0n) is 16.7. The summed E-state index contributed by atoms with van der Waals surface area (Å²) in [5.41, 5.74) is 0.904. The minimum absolute atomic E-state index is 0.201. The third-order valence-electron chi connectivity index (χ3n) is 4.67. The fraction of sp³-hybridized carbons (Fsp3) is 0.286. The SMILES string of the molecule is CC1(C(O)c2ccc(-c3ccc(C(=O)O)cc3)cc2)NC(=O)NC1=O.CNCCO. The molecule has 2 atom stereocenters. The summed E-state index contributed by atoms with van der Waals surface area (Å²) in [5, 5.41) is 34.7. The first-order valence-electron chi connectivity index (χ1n) is 9.23. The van der Waals surface area contributed by atoms with Gasteiger partial charge in [0.05, 0.1) is 12.2 Å². The van der Waals surface area contributed by atoms with Crippen LogP contribution < -0.4 is 16.0 Å². The van der Waals surface area contributed by atoms with Crippen LogP contribution in [0.5, 0.6) is 0 Å². The van der Waals surface area contributed by atoms with E-state index in [0.717, 1.165) is 11.1 Å². The molecule has 1 saturated heterocycles. The third-order valence-corrected chi connectivity index (χ3v) is 4.67. The van der Waals surface area contributed by atoms with Crippen molar-refractivity contribution in [2.75, 3.05) is 20.2 Å². The van der Waals surface area contributed by atoms with Crippen molar-refractivity contribution in [3.05, 3.63) is 59.7 Å². The Labute approximate surface area is 173 Å². The molecule has 0 radical (unpaired) electrons. The average Bonchev–Trinajstić information content (AvgIpc) is 3.01. The van der Waals surface area contributed by atoms with E-state index in [-0.39, 0.29) is 12.2 Å². The molecule has 2 aromatic carbocycles. The first-order chi connectivity index (χ1) is 14.2. The number of aliphatic hydroxyl groups excluding tert-OH is 2. The Morgan fingerprint density at radius 3 is 1.97 bits per heavy atom. The minimum Gasteiger partial charge on any atom is -0.478 e. The van der Waals surface area contributed by atoms with Gasteiger partial charge < -0.3 is 26.0 Å². The van der Waals surface area contributed by atoms with Crippen molar-refractivity contribution < 1.29 is 29.7 Å². The Hall–Kier alpha value is -3.27. The molecule has 9 nitrogen and oxygen atoms in total. The van der Waals surface area contributed by atoms with Gasteiger partial charge in [-0.15, -0.1) is 0 Å². The van der Waals surface area contributed by atoms with Crippen molar-refractivity contribution in [2.24, 2.45) is 0 Å². The molecule has 0 aliphatic carbocycles. The molecule has 2 unspecified atom stereocenters. The van der Waals surface area contributed by atoms with E-state index in [2.05, 4.69) is 16.0 Å². The number of rotatable bonds is 6. The van der Waals surface area contributed by atoms with Gasteiger partial charge in [0.25, 0.3) is 5.91 Å². The molecule has 1 aliphatic heterocycles. The normalized spacial score (nSPS) is 18.7. The van der Waals surface area contributed by atoms with Gasteiger partial charge in [-0.2, -0.15) is 0 Å². The topological polar surface area (TPSA) is 148 Å². The van der Waals surface area contributed by atoms with E-state index in [1.807, 2.05) is 0 Å². The number of likely N-dealkylation sites (N-methyl/N-ethyl adjacent to an activating group) is 1. The van der Waals surface area contributed by atoms with Crippen LogP contribution >= 0.6 is 0 Å². The summed E-state index contributed by atoms with van der Waals surface area (Å²) >= 11 is 0. The fourth-order valence-electron chi connectivity index (χ4n) is 2.86. The van der Waals surface area contributed by atoms with Gasteiger partial charge >= 0.3 is 12.0 Å². The molecule has 3 rings (SSSR count). The van der Waals surface area contributed by atoms with Gasteiger partial charge in [0, 0.05) is 6.54 Å². The average molecular weight is 415 g/mol. The second-order valence-corrected chi connectivity index (χ2v) is 6.84. The number of urea groups is 1. The smallest absolute Gasteiger partial charge is 0.335 e. The molecular weight excluding hydrogens is 390 g/mol. The van der Waals surface area contributed by atoms with Crippen LogP contribution in [0.1, 0.15) is 28.9 Å². The van der Waals surface area contributed by atoms with E-state index in [9.17, 15) is 19.5 Å². The van der Waals surface area contributed by atoms with Gasteiger partial charge in [-0.3, -0.25) is 10.1 Å². The lowest BCUT2D eigenvalue weighted by atomic mass is 9.89. The molecule has 0 saturated carbocycles. The number of hydrogen-bond donors (Lipinski definition) is 6. The van der Waals surface area contributed by atoms with E-state index >= 15 is 0 Å². The number of carbonyl (C=O) groups is 3. The maximum atomic E-state index is 11.9. The second-order valence-electron chi connectivity index (χ2n) is 6.84. The zero-order valence-corrected chi connectivity index (χ0v) is 16.7. The number of aliphatic hydroxyl groups is 2. The van der Waals surface area contributed by atoms with E-state index in [4.69, 9.17) is 10.2 Å². The van der Waals surface area contributed by atoms with Crippen molar-refractivity contribution in [3.8, 4) is 11.1 Å². The summed E-state index contributed by atoms with van der Waals surface area (Å²) in [7, 11) is 1.80. The summed E-state index contributed by atoms with van der Waals surface area (Å²) in [6.45, 7) is 2.38. The van der Waals surface area contributed by atoms with E-state index in [0.29, 0.717) is 12.1 Å². The number of imide groups is 1. The third kappa shape index (κ3) is 5.20. The minimum atomic E-state index is -1.43. The first kappa shape index (κ1) is 23.0. The number of carbonyl (C=O) groups excluding carboxylic acids is 2. The van der Waals surface area contributed by atoms with Gasteiger partial charge in [-0.1, -0.05) is 36.4 Å². The van der Waals surface area contributed by atoms with E-state index in [1.54, 1.807) is 43.4 Å². The van der Waals surface area contributed by atoms with Gasteiger partial charge in [0.1, 0.15) is 11.6 Å². The lowest BCUT2D eigenvalue weighted by molar-refractivity contribution is -0.127. The summed E-state index contributed by atoms with van der Waals surface area (Å²) in [6.07, 6.45) is -1.21. The predicted molar refractivity (Wildman–Crippen MR) is 110 cm³/mol. The molecule has 0 spiro atoms. The summed E-state index contributed by atoms with van der Waals surface area (Å²) in [6, 6.07) is 12.6. The highest BCUT2D eigenvalue weighted by Crippen LogP contribution is 2.30. The molecule has 6 N–H and O–H groups in total. The molecule has 2 aromatic rings. The summed E-state index contributed by atoms with van der Waals surface area (Å²) in [5.74, 6) is -1.58. The van der Waals surface area contributed by atoms with Crippen LogP contribution in [0, 0.1) is 0 Å². The Balaban J connectivity index is 0.000000575. The largest absolute Gasteiger partial charge is 0.478 e. The Bertz CT molecular complexity index is 896. The van der Waals surface area contributed by atoms with E-state index in [1.165, 1.54) is 19.1 Å². The van der Waals surface area contributed by atoms with Crippen molar-refractivity contribution in [1.29, 1.82) is 0 Å². The number of carboxylic acid groups (broad SMARTS) is 1. The van der Waals surface area contributed by atoms with Crippen LogP contribution in [-0.4, -0.2) is 59.0 Å². The highest BCUT2D eigenvalue weighted by Gasteiger charge is 2.48. The standard InChI is InChI=1S/C18H16N2O5.C3H9NO/c1-18(16(24)19-17(25)20-18)14(21)12-6-2-10(3-7-12)11-4-8-13(9-5-11)15(22)23;1-4-2-3-5/h2-9,14,21H,1H3,(H,22,23)(H2,19,20,24,25);4-5H,2-3H2,1H3. The number of aromatic carboxylic acids is 1. The quantitative estimate of drug-likeness (QED) is 0.384. The highest BCUT2D eigenvalue weighted by molar-refractivity contribution is 6.07. The van der Waals surface area contributed by atoms with Gasteiger partial charge in [-0.05, 0) is 42.8 Å². The van der Waals surface area contributed by atoms with Crippen LogP contribution in [0.15, 0.2) is 48.5 Å². The Kier molecular flexibility index (Phi) is 7.65. The maximum Gasteiger partial charge on any atom is 0.335 e.